The zero-order valence-electron chi connectivity index (χ0n) is 20.5. The Bertz CT molecular complexity index is 1220. The van der Waals surface area contributed by atoms with Crippen LogP contribution in [0.1, 0.15) is 50.1 Å². The molecule has 0 spiro atoms. The first-order valence-electron chi connectivity index (χ1n) is 12.4. The van der Waals surface area contributed by atoms with E-state index in [9.17, 15) is 4.79 Å². The number of carbonyl (C=O) groups is 1. The summed E-state index contributed by atoms with van der Waals surface area (Å²) in [6.45, 7) is 7.35. The fourth-order valence-electron chi connectivity index (χ4n) is 5.23. The van der Waals surface area contributed by atoms with Crippen LogP contribution < -0.4 is 4.90 Å². The molecule has 8 nitrogen and oxygen atoms in total. The molecular formula is C26H32ClN5O3. The topological polar surface area (TPSA) is 82.4 Å². The summed E-state index contributed by atoms with van der Waals surface area (Å²) in [5.41, 5.74) is 2.78. The molecule has 9 heteroatoms. The number of hydrogen-bond acceptors (Lipinski definition) is 7. The lowest BCUT2D eigenvalue weighted by atomic mass is 9.83. The number of imidazole rings is 1. The minimum atomic E-state index is -0.590. The van der Waals surface area contributed by atoms with Crippen molar-refractivity contribution in [3.8, 4) is 11.3 Å². The van der Waals surface area contributed by atoms with Crippen molar-refractivity contribution in [1.82, 2.24) is 19.5 Å². The van der Waals surface area contributed by atoms with E-state index in [2.05, 4.69) is 33.3 Å². The van der Waals surface area contributed by atoms with E-state index in [0.717, 1.165) is 36.0 Å². The van der Waals surface area contributed by atoms with Crippen LogP contribution in [0.5, 0.6) is 0 Å². The molecule has 2 aliphatic rings. The second-order valence-electron chi connectivity index (χ2n) is 9.84. The van der Waals surface area contributed by atoms with Gasteiger partial charge in [0.25, 0.3) is 0 Å². The summed E-state index contributed by atoms with van der Waals surface area (Å²) in [5.74, 6) is 1.58. The molecule has 0 amide bonds. The molecule has 35 heavy (non-hydrogen) atoms. The summed E-state index contributed by atoms with van der Waals surface area (Å²) in [7, 11) is 1.33. The normalized spacial score (nSPS) is 23.0. The number of carbonyl (C=O) groups excluding carboxylic acids is 1. The van der Waals surface area contributed by atoms with Gasteiger partial charge in [0.2, 0.25) is 11.8 Å². The van der Waals surface area contributed by atoms with Crippen LogP contribution in [0.15, 0.2) is 24.3 Å². The van der Waals surface area contributed by atoms with Gasteiger partial charge in [-0.15, -0.1) is 0 Å². The molecule has 3 aromatic rings. The van der Waals surface area contributed by atoms with Crippen LogP contribution in [-0.4, -0.2) is 58.4 Å². The van der Waals surface area contributed by atoms with E-state index in [1.54, 1.807) is 0 Å². The van der Waals surface area contributed by atoms with Crippen LogP contribution in [0.3, 0.4) is 0 Å². The summed E-state index contributed by atoms with van der Waals surface area (Å²) in [5, 5.41) is 0.600. The predicted molar refractivity (Wildman–Crippen MR) is 136 cm³/mol. The number of methoxy groups -OCH3 is 1. The SMILES string of the molecule is COC(=O)c1nc(-c2cccc(Cl)c2)c2c(n1)nc(N1CCOCC1C)n2CC1CCC(C)CC1. The number of halogens is 1. The number of anilines is 1. The van der Waals surface area contributed by atoms with Crippen molar-refractivity contribution in [3.05, 3.63) is 35.1 Å². The van der Waals surface area contributed by atoms with Crippen LogP contribution in [0, 0.1) is 11.8 Å². The molecular weight excluding hydrogens is 466 g/mol. The summed E-state index contributed by atoms with van der Waals surface area (Å²) in [4.78, 5) is 29.0. The summed E-state index contributed by atoms with van der Waals surface area (Å²) in [6.07, 6.45) is 4.86. The number of morpholine rings is 1. The Hall–Kier alpha value is -2.71. The molecule has 0 bridgehead atoms. The van der Waals surface area contributed by atoms with Gasteiger partial charge in [-0.3, -0.25) is 0 Å². The molecule has 5 rings (SSSR count). The molecule has 0 N–H and O–H groups in total. The largest absolute Gasteiger partial charge is 0.463 e. The molecule has 1 saturated heterocycles. The smallest absolute Gasteiger partial charge is 0.376 e. The number of ether oxygens (including phenoxy) is 2. The zero-order valence-corrected chi connectivity index (χ0v) is 21.3. The average Bonchev–Trinajstić information content (AvgIpc) is 3.22. The number of esters is 1. The minimum Gasteiger partial charge on any atom is -0.463 e. The zero-order chi connectivity index (χ0) is 24.5. The van der Waals surface area contributed by atoms with Gasteiger partial charge in [0.15, 0.2) is 5.65 Å². The molecule has 2 aromatic heterocycles. The maximum Gasteiger partial charge on any atom is 0.376 e. The molecule has 186 valence electrons. The van der Waals surface area contributed by atoms with E-state index in [1.165, 1.54) is 32.8 Å². The van der Waals surface area contributed by atoms with Gasteiger partial charge in [-0.25, -0.2) is 14.8 Å². The molecule has 1 saturated carbocycles. The molecule has 1 aliphatic carbocycles. The van der Waals surface area contributed by atoms with Crippen molar-refractivity contribution in [2.75, 3.05) is 31.8 Å². The highest BCUT2D eigenvalue weighted by Gasteiger charge is 2.30. The number of benzene rings is 1. The van der Waals surface area contributed by atoms with E-state index in [1.807, 2.05) is 24.3 Å². The Labute approximate surface area is 210 Å². The van der Waals surface area contributed by atoms with Crippen LogP contribution in [0.25, 0.3) is 22.4 Å². The molecule has 1 unspecified atom stereocenters. The van der Waals surface area contributed by atoms with Crippen LogP contribution >= 0.6 is 11.6 Å². The van der Waals surface area contributed by atoms with Crippen molar-refractivity contribution in [1.29, 1.82) is 0 Å². The first-order chi connectivity index (χ1) is 16.9. The molecule has 0 radical (unpaired) electrons. The molecule has 2 fully saturated rings. The quantitative estimate of drug-likeness (QED) is 0.459. The monoisotopic (exact) mass is 497 g/mol. The second-order valence-corrected chi connectivity index (χ2v) is 10.3. The van der Waals surface area contributed by atoms with E-state index >= 15 is 0 Å². The maximum absolute atomic E-state index is 12.5. The van der Waals surface area contributed by atoms with Gasteiger partial charge in [0, 0.05) is 23.7 Å². The first-order valence-corrected chi connectivity index (χ1v) is 12.8. The van der Waals surface area contributed by atoms with Crippen LogP contribution in [0.2, 0.25) is 5.02 Å². The van der Waals surface area contributed by atoms with Gasteiger partial charge in [-0.2, -0.15) is 4.98 Å². The number of rotatable bonds is 5. The number of fused-ring (bicyclic) bond motifs is 1. The third kappa shape index (κ3) is 4.86. The fourth-order valence-corrected chi connectivity index (χ4v) is 5.42. The van der Waals surface area contributed by atoms with Crippen molar-refractivity contribution < 1.29 is 14.3 Å². The van der Waals surface area contributed by atoms with Crippen molar-refractivity contribution in [2.24, 2.45) is 11.8 Å². The third-order valence-electron chi connectivity index (χ3n) is 7.25. The Kier molecular flexibility index (Phi) is 6.93. The van der Waals surface area contributed by atoms with Crippen molar-refractivity contribution >= 4 is 34.7 Å². The molecule has 1 atom stereocenters. The standard InChI is InChI=1S/C26H32ClN5O3/c1-16-7-9-18(10-8-16)14-32-22-21(19-5-4-6-20(27)13-19)28-24(25(33)34-3)29-23(22)30-26(32)31-11-12-35-15-17(31)2/h4-6,13,16-18H,7-12,14-15H2,1-3H3. The lowest BCUT2D eigenvalue weighted by molar-refractivity contribution is 0.0587. The number of hydrogen-bond donors (Lipinski definition) is 0. The molecule has 1 aromatic carbocycles. The van der Waals surface area contributed by atoms with Crippen molar-refractivity contribution in [3.63, 3.8) is 0 Å². The van der Waals surface area contributed by atoms with Gasteiger partial charge in [-0.05, 0) is 43.7 Å². The summed E-state index contributed by atoms with van der Waals surface area (Å²) in [6, 6.07) is 7.70. The van der Waals surface area contributed by atoms with Crippen molar-refractivity contribution in [2.45, 2.75) is 52.1 Å². The second kappa shape index (κ2) is 10.1. The lowest BCUT2D eigenvalue weighted by Crippen LogP contribution is -2.45. The maximum atomic E-state index is 12.5. The number of aromatic nitrogens is 4. The Morgan fingerprint density at radius 2 is 1.97 bits per heavy atom. The van der Waals surface area contributed by atoms with E-state index < -0.39 is 5.97 Å². The Morgan fingerprint density at radius 1 is 1.17 bits per heavy atom. The van der Waals surface area contributed by atoms with E-state index in [0.29, 0.717) is 35.5 Å². The van der Waals surface area contributed by atoms with E-state index in [-0.39, 0.29) is 11.9 Å². The highest BCUT2D eigenvalue weighted by Crippen LogP contribution is 2.36. The molecule has 1 aliphatic heterocycles. The lowest BCUT2D eigenvalue weighted by Gasteiger charge is -2.35. The van der Waals surface area contributed by atoms with Crippen LogP contribution in [0.4, 0.5) is 5.95 Å². The van der Waals surface area contributed by atoms with Gasteiger partial charge >= 0.3 is 5.97 Å². The van der Waals surface area contributed by atoms with Crippen LogP contribution in [-0.2, 0) is 16.0 Å². The summed E-state index contributed by atoms with van der Waals surface area (Å²) >= 11 is 6.35. The Morgan fingerprint density at radius 3 is 2.69 bits per heavy atom. The van der Waals surface area contributed by atoms with Gasteiger partial charge < -0.3 is 18.9 Å². The fraction of sp³-hybridized carbons (Fsp3) is 0.538. The van der Waals surface area contributed by atoms with Gasteiger partial charge in [0.1, 0.15) is 11.2 Å². The van der Waals surface area contributed by atoms with E-state index in [4.69, 9.17) is 26.1 Å². The minimum absolute atomic E-state index is 0.00677. The third-order valence-corrected chi connectivity index (χ3v) is 7.48. The summed E-state index contributed by atoms with van der Waals surface area (Å²) < 4.78 is 12.9. The highest BCUT2D eigenvalue weighted by molar-refractivity contribution is 6.30. The first kappa shape index (κ1) is 24.0. The average molecular weight is 498 g/mol. The number of nitrogens with zero attached hydrogens (tertiary/aromatic N) is 5. The predicted octanol–water partition coefficient (Wildman–Crippen LogP) is 4.98. The van der Waals surface area contributed by atoms with Gasteiger partial charge in [0.05, 0.1) is 26.4 Å². The highest BCUT2D eigenvalue weighted by atomic mass is 35.5. The molecule has 3 heterocycles. The Balaban J connectivity index is 1.72. The van der Waals surface area contributed by atoms with Gasteiger partial charge in [-0.1, -0.05) is 43.5 Å².